The molecule has 0 aliphatic heterocycles. The zero-order chi connectivity index (χ0) is 9.40. The summed E-state index contributed by atoms with van der Waals surface area (Å²) >= 11 is 0. The predicted octanol–water partition coefficient (Wildman–Crippen LogP) is 3.04. The predicted molar refractivity (Wildman–Crippen MR) is 53.0 cm³/mol. The van der Waals surface area contributed by atoms with Crippen LogP contribution >= 0.6 is 0 Å². The van der Waals surface area contributed by atoms with Crippen molar-refractivity contribution in [2.75, 3.05) is 0 Å². The Hall–Kier alpha value is -1.11. The maximum absolute atomic E-state index is 10.7. The average molecular weight is 164 g/mol. The van der Waals surface area contributed by atoms with Crippen LogP contribution in [0, 0.1) is 0 Å². The van der Waals surface area contributed by atoms with Crippen LogP contribution in [0.2, 0.25) is 0 Å². The van der Waals surface area contributed by atoms with Gasteiger partial charge in [-0.15, -0.1) is 0 Å². The van der Waals surface area contributed by atoms with Crippen molar-refractivity contribution in [3.05, 3.63) is 36.5 Å². The number of Topliss-reactive ketones (excluding diaryl/α,β-unsaturated/α-hetero) is 1. The molecule has 0 N–H and O–H groups in total. The minimum Gasteiger partial charge on any atom is -0.300 e. The molecular weight excluding hydrogens is 148 g/mol. The number of hydrogen-bond acceptors (Lipinski definition) is 1. The van der Waals surface area contributed by atoms with E-state index in [9.17, 15) is 4.79 Å². The number of hydrogen-bond donors (Lipinski definition) is 0. The van der Waals surface area contributed by atoms with Crippen molar-refractivity contribution in [3.63, 3.8) is 0 Å². The van der Waals surface area contributed by atoms with Gasteiger partial charge >= 0.3 is 0 Å². The molecule has 0 aromatic rings. The molecule has 0 spiro atoms. The molecule has 0 atom stereocenters. The van der Waals surface area contributed by atoms with Crippen molar-refractivity contribution in [1.82, 2.24) is 0 Å². The lowest BCUT2D eigenvalue weighted by molar-refractivity contribution is -0.116. The highest BCUT2D eigenvalue weighted by Crippen LogP contribution is 2.06. The fourth-order valence-corrected chi connectivity index (χ4v) is 0.794. The fourth-order valence-electron chi connectivity index (χ4n) is 0.794. The Kier molecular flexibility index (Phi) is 5.98. The molecule has 0 saturated carbocycles. The first-order valence-corrected chi connectivity index (χ1v) is 4.14. The number of ketones is 1. The van der Waals surface area contributed by atoms with Gasteiger partial charge in [0, 0.05) is 6.42 Å². The van der Waals surface area contributed by atoms with Crippen LogP contribution in [0.3, 0.4) is 0 Å². The van der Waals surface area contributed by atoms with Gasteiger partial charge in [0.1, 0.15) is 5.78 Å². The Bertz CT molecular complexity index is 209. The molecule has 0 aliphatic carbocycles. The Morgan fingerprint density at radius 2 is 2.08 bits per heavy atom. The van der Waals surface area contributed by atoms with Crippen molar-refractivity contribution >= 4 is 5.78 Å². The second-order valence-electron chi connectivity index (χ2n) is 2.67. The van der Waals surface area contributed by atoms with E-state index in [1.807, 2.05) is 25.2 Å². The van der Waals surface area contributed by atoms with Crippen LogP contribution in [-0.2, 0) is 4.79 Å². The van der Waals surface area contributed by atoms with E-state index in [4.69, 9.17) is 0 Å². The summed E-state index contributed by atoms with van der Waals surface area (Å²) in [6.45, 7) is 7.25. The summed E-state index contributed by atoms with van der Waals surface area (Å²) in [4.78, 5) is 10.7. The number of carbonyl (C=O) groups is 1. The summed E-state index contributed by atoms with van der Waals surface area (Å²) in [6, 6.07) is 0. The standard InChI is InChI=1S/C11H16O/c1-4-6-7-11(5-2)9-8-10(3)12/h4-7H,2,8-9H2,1,3H3/b6-4-,11-7+. The Labute approximate surface area is 74.5 Å². The van der Waals surface area contributed by atoms with Gasteiger partial charge in [-0.2, -0.15) is 0 Å². The van der Waals surface area contributed by atoms with Crippen molar-refractivity contribution in [3.8, 4) is 0 Å². The summed E-state index contributed by atoms with van der Waals surface area (Å²) in [5.41, 5.74) is 1.11. The van der Waals surface area contributed by atoms with Gasteiger partial charge in [0.25, 0.3) is 0 Å². The van der Waals surface area contributed by atoms with Crippen LogP contribution in [0.15, 0.2) is 36.5 Å². The van der Waals surface area contributed by atoms with Gasteiger partial charge in [0.15, 0.2) is 0 Å². The molecule has 0 rings (SSSR count). The Balaban J connectivity index is 3.99. The zero-order valence-corrected chi connectivity index (χ0v) is 7.84. The van der Waals surface area contributed by atoms with Gasteiger partial charge in [-0.3, -0.25) is 0 Å². The van der Waals surface area contributed by atoms with Crippen molar-refractivity contribution in [2.45, 2.75) is 26.7 Å². The van der Waals surface area contributed by atoms with E-state index in [0.717, 1.165) is 12.0 Å². The van der Waals surface area contributed by atoms with E-state index < -0.39 is 0 Å². The first kappa shape index (κ1) is 10.9. The molecule has 12 heavy (non-hydrogen) atoms. The van der Waals surface area contributed by atoms with Crippen LogP contribution in [0.1, 0.15) is 26.7 Å². The quantitative estimate of drug-likeness (QED) is 0.571. The van der Waals surface area contributed by atoms with Crippen molar-refractivity contribution < 1.29 is 4.79 Å². The second-order valence-corrected chi connectivity index (χ2v) is 2.67. The van der Waals surface area contributed by atoms with Crippen molar-refractivity contribution in [2.24, 2.45) is 0 Å². The lowest BCUT2D eigenvalue weighted by atomic mass is 10.1. The highest BCUT2D eigenvalue weighted by Gasteiger charge is 1.94. The minimum absolute atomic E-state index is 0.225. The third-order valence-electron chi connectivity index (χ3n) is 1.53. The molecule has 1 nitrogen and oxygen atoms in total. The normalized spacial score (nSPS) is 12.0. The summed E-state index contributed by atoms with van der Waals surface area (Å²) in [5, 5.41) is 0. The molecule has 0 bridgehead atoms. The number of rotatable bonds is 5. The molecule has 0 aliphatic rings. The SMILES string of the molecule is C=C/C(=C\C=C/C)CCC(C)=O. The average Bonchev–Trinajstić information content (AvgIpc) is 2.05. The van der Waals surface area contributed by atoms with Crippen LogP contribution in [0.25, 0.3) is 0 Å². The molecule has 0 saturated heterocycles. The largest absolute Gasteiger partial charge is 0.300 e. The van der Waals surface area contributed by atoms with Gasteiger partial charge in [-0.25, -0.2) is 0 Å². The van der Waals surface area contributed by atoms with Gasteiger partial charge in [0.05, 0.1) is 0 Å². The van der Waals surface area contributed by atoms with Crippen LogP contribution in [-0.4, -0.2) is 5.78 Å². The molecule has 0 aromatic heterocycles. The number of carbonyl (C=O) groups excluding carboxylic acids is 1. The highest BCUT2D eigenvalue weighted by molar-refractivity contribution is 5.75. The van der Waals surface area contributed by atoms with E-state index in [2.05, 4.69) is 6.58 Å². The summed E-state index contributed by atoms with van der Waals surface area (Å²) in [5.74, 6) is 0.225. The second kappa shape index (κ2) is 6.59. The summed E-state index contributed by atoms with van der Waals surface area (Å²) < 4.78 is 0. The summed E-state index contributed by atoms with van der Waals surface area (Å²) in [6.07, 6.45) is 9.09. The zero-order valence-electron chi connectivity index (χ0n) is 7.84. The highest BCUT2D eigenvalue weighted by atomic mass is 16.1. The van der Waals surface area contributed by atoms with Gasteiger partial charge in [-0.1, -0.05) is 30.9 Å². The first-order chi connectivity index (χ1) is 5.70. The van der Waals surface area contributed by atoms with E-state index >= 15 is 0 Å². The maximum atomic E-state index is 10.7. The smallest absolute Gasteiger partial charge is 0.130 e. The lowest BCUT2D eigenvalue weighted by Crippen LogP contribution is -1.89. The minimum atomic E-state index is 0.225. The van der Waals surface area contributed by atoms with E-state index in [1.54, 1.807) is 13.0 Å². The Morgan fingerprint density at radius 3 is 2.50 bits per heavy atom. The van der Waals surface area contributed by atoms with Crippen molar-refractivity contribution in [1.29, 1.82) is 0 Å². The number of allylic oxidation sites excluding steroid dienone is 5. The third-order valence-corrected chi connectivity index (χ3v) is 1.53. The topological polar surface area (TPSA) is 17.1 Å². The van der Waals surface area contributed by atoms with Crippen LogP contribution in [0.4, 0.5) is 0 Å². The molecule has 1 heteroatoms. The van der Waals surface area contributed by atoms with E-state index in [0.29, 0.717) is 6.42 Å². The summed E-state index contributed by atoms with van der Waals surface area (Å²) in [7, 11) is 0. The maximum Gasteiger partial charge on any atom is 0.130 e. The third kappa shape index (κ3) is 5.66. The molecule has 0 aromatic carbocycles. The first-order valence-electron chi connectivity index (χ1n) is 4.14. The van der Waals surface area contributed by atoms with Gasteiger partial charge in [0.2, 0.25) is 0 Å². The van der Waals surface area contributed by atoms with E-state index in [1.165, 1.54) is 0 Å². The molecule has 66 valence electrons. The molecule has 0 amide bonds. The van der Waals surface area contributed by atoms with Crippen LogP contribution in [0.5, 0.6) is 0 Å². The van der Waals surface area contributed by atoms with Gasteiger partial charge in [-0.05, 0) is 25.8 Å². The monoisotopic (exact) mass is 164 g/mol. The molecule has 0 radical (unpaired) electrons. The lowest BCUT2D eigenvalue weighted by Gasteiger charge is -1.96. The fraction of sp³-hybridized carbons (Fsp3) is 0.364. The molecular formula is C11H16O. The van der Waals surface area contributed by atoms with Crippen LogP contribution < -0.4 is 0 Å². The molecule has 0 unspecified atom stereocenters. The Morgan fingerprint density at radius 1 is 1.42 bits per heavy atom. The molecule has 0 heterocycles. The van der Waals surface area contributed by atoms with Gasteiger partial charge < -0.3 is 4.79 Å². The van der Waals surface area contributed by atoms with E-state index in [-0.39, 0.29) is 5.78 Å². The molecule has 0 fully saturated rings.